The fraction of sp³-hybridized carbons (Fsp3) is 0.133. The number of fused-ring (bicyclic) bond motifs is 1. The largest absolute Gasteiger partial charge is 0.324 e. The Balaban J connectivity index is 2.06. The molecule has 21 heavy (non-hydrogen) atoms. The minimum atomic E-state index is -0.341. The lowest BCUT2D eigenvalue weighted by Crippen LogP contribution is -2.19. The molecule has 2 heterocycles. The Kier molecular flexibility index (Phi) is 3.35. The number of rotatable bonds is 3. The maximum Gasteiger partial charge on any atom is 0.252 e. The van der Waals surface area contributed by atoms with E-state index in [1.165, 1.54) is 18.2 Å². The first-order valence-electron chi connectivity index (χ1n) is 6.56. The summed E-state index contributed by atoms with van der Waals surface area (Å²) in [5.41, 5.74) is 0.995. The monoisotopic (exact) mass is 284 g/mol. The van der Waals surface area contributed by atoms with Crippen LogP contribution in [0.1, 0.15) is 6.92 Å². The molecule has 0 atom stereocenters. The molecular weight excluding hydrogens is 271 g/mol. The topological polar surface area (TPSA) is 59.8 Å². The molecule has 0 aliphatic rings. The molecule has 0 bridgehead atoms. The van der Waals surface area contributed by atoms with Gasteiger partial charge in [-0.3, -0.25) is 9.36 Å². The first-order valence-corrected chi connectivity index (χ1v) is 6.56. The van der Waals surface area contributed by atoms with Gasteiger partial charge in [0, 0.05) is 29.9 Å². The summed E-state index contributed by atoms with van der Waals surface area (Å²) < 4.78 is 14.7. The van der Waals surface area contributed by atoms with Crippen LogP contribution in [-0.4, -0.2) is 14.5 Å². The van der Waals surface area contributed by atoms with Crippen molar-refractivity contribution in [2.24, 2.45) is 0 Å². The minimum absolute atomic E-state index is 0.111. The molecule has 5 nitrogen and oxygen atoms in total. The first kappa shape index (κ1) is 13.2. The highest BCUT2D eigenvalue weighted by molar-refractivity contribution is 5.75. The molecule has 0 amide bonds. The van der Waals surface area contributed by atoms with E-state index >= 15 is 0 Å². The highest BCUT2D eigenvalue weighted by Gasteiger charge is 2.06. The van der Waals surface area contributed by atoms with Crippen LogP contribution >= 0.6 is 0 Å². The molecule has 1 aromatic carbocycles. The quantitative estimate of drug-likeness (QED) is 0.803. The van der Waals surface area contributed by atoms with Gasteiger partial charge in [0.25, 0.3) is 5.56 Å². The standard InChI is InChI=1S/C15H13FN4O/c1-2-20-13(21)7-6-10-9-17-15(19-14(10)20)18-12-5-3-4-11(16)8-12/h3-9H,2H2,1H3,(H,17,18,19). The number of anilines is 2. The average Bonchev–Trinajstić information content (AvgIpc) is 2.47. The van der Waals surface area contributed by atoms with Gasteiger partial charge in [-0.2, -0.15) is 4.98 Å². The van der Waals surface area contributed by atoms with E-state index in [0.717, 1.165) is 5.39 Å². The normalized spacial score (nSPS) is 10.8. The van der Waals surface area contributed by atoms with Crippen molar-refractivity contribution < 1.29 is 4.39 Å². The van der Waals surface area contributed by atoms with Crippen LogP contribution in [0, 0.1) is 5.82 Å². The summed E-state index contributed by atoms with van der Waals surface area (Å²) in [5, 5.41) is 3.71. The zero-order chi connectivity index (χ0) is 14.8. The molecular formula is C15H13FN4O. The molecule has 1 N–H and O–H groups in total. The van der Waals surface area contributed by atoms with Gasteiger partial charge in [0.1, 0.15) is 11.5 Å². The molecule has 0 saturated carbocycles. The molecule has 6 heteroatoms. The Labute approximate surface area is 120 Å². The van der Waals surface area contributed by atoms with Gasteiger partial charge in [-0.1, -0.05) is 6.07 Å². The number of pyridine rings is 1. The van der Waals surface area contributed by atoms with Gasteiger partial charge in [-0.05, 0) is 31.2 Å². The fourth-order valence-electron chi connectivity index (χ4n) is 2.13. The highest BCUT2D eigenvalue weighted by atomic mass is 19.1. The second-order valence-corrected chi connectivity index (χ2v) is 4.52. The molecule has 0 fully saturated rings. The van der Waals surface area contributed by atoms with Crippen molar-refractivity contribution in [3.05, 3.63) is 58.8 Å². The van der Waals surface area contributed by atoms with Gasteiger partial charge in [-0.25, -0.2) is 9.37 Å². The molecule has 0 unspecified atom stereocenters. The number of nitrogens with zero attached hydrogens (tertiary/aromatic N) is 3. The van der Waals surface area contributed by atoms with Crippen molar-refractivity contribution >= 4 is 22.7 Å². The Morgan fingerprint density at radius 1 is 1.29 bits per heavy atom. The van der Waals surface area contributed by atoms with Gasteiger partial charge in [0.15, 0.2) is 0 Å². The number of aromatic nitrogens is 3. The third kappa shape index (κ3) is 2.60. The number of hydrogen-bond donors (Lipinski definition) is 1. The van der Waals surface area contributed by atoms with Crippen molar-refractivity contribution in [1.29, 1.82) is 0 Å². The molecule has 3 aromatic rings. The van der Waals surface area contributed by atoms with E-state index in [4.69, 9.17) is 0 Å². The SMILES string of the molecule is CCn1c(=O)ccc2cnc(Nc3cccc(F)c3)nc21. The Morgan fingerprint density at radius 3 is 2.90 bits per heavy atom. The molecule has 0 aliphatic heterocycles. The van der Waals surface area contributed by atoms with Crippen molar-refractivity contribution in [2.45, 2.75) is 13.5 Å². The predicted molar refractivity (Wildman–Crippen MR) is 79.2 cm³/mol. The van der Waals surface area contributed by atoms with E-state index < -0.39 is 0 Å². The molecule has 2 aromatic heterocycles. The van der Waals surface area contributed by atoms with Crippen LogP contribution in [0.25, 0.3) is 11.0 Å². The Morgan fingerprint density at radius 2 is 2.14 bits per heavy atom. The van der Waals surface area contributed by atoms with Gasteiger partial charge < -0.3 is 5.32 Å². The maximum absolute atomic E-state index is 13.2. The van der Waals surface area contributed by atoms with E-state index in [1.807, 2.05) is 6.92 Å². The molecule has 0 spiro atoms. The summed E-state index contributed by atoms with van der Waals surface area (Å²) in [6.45, 7) is 2.40. The van der Waals surface area contributed by atoms with E-state index in [1.54, 1.807) is 29.0 Å². The average molecular weight is 284 g/mol. The number of nitrogens with one attached hydrogen (secondary N) is 1. The van der Waals surface area contributed by atoms with Crippen LogP contribution in [0.4, 0.5) is 16.0 Å². The van der Waals surface area contributed by atoms with Crippen LogP contribution in [0.5, 0.6) is 0 Å². The number of benzene rings is 1. The van der Waals surface area contributed by atoms with E-state index in [-0.39, 0.29) is 11.4 Å². The summed E-state index contributed by atoms with van der Waals surface area (Å²) in [6, 6.07) is 9.21. The summed E-state index contributed by atoms with van der Waals surface area (Å²) in [4.78, 5) is 20.3. The zero-order valence-corrected chi connectivity index (χ0v) is 11.4. The van der Waals surface area contributed by atoms with Crippen LogP contribution < -0.4 is 10.9 Å². The summed E-state index contributed by atoms with van der Waals surface area (Å²) in [6.07, 6.45) is 1.63. The van der Waals surface area contributed by atoms with Crippen molar-refractivity contribution in [3.63, 3.8) is 0 Å². The van der Waals surface area contributed by atoms with Crippen LogP contribution in [0.15, 0.2) is 47.4 Å². The third-order valence-electron chi connectivity index (χ3n) is 3.12. The van der Waals surface area contributed by atoms with E-state index in [2.05, 4.69) is 15.3 Å². The van der Waals surface area contributed by atoms with Gasteiger partial charge >= 0.3 is 0 Å². The van der Waals surface area contributed by atoms with E-state index in [9.17, 15) is 9.18 Å². The van der Waals surface area contributed by atoms with Gasteiger partial charge in [-0.15, -0.1) is 0 Å². The molecule has 3 rings (SSSR count). The molecule has 0 aliphatic carbocycles. The highest BCUT2D eigenvalue weighted by Crippen LogP contribution is 2.16. The third-order valence-corrected chi connectivity index (χ3v) is 3.12. The number of hydrogen-bond acceptors (Lipinski definition) is 4. The fourth-order valence-corrected chi connectivity index (χ4v) is 2.13. The lowest BCUT2D eigenvalue weighted by Gasteiger charge is -2.09. The Hall–Kier alpha value is -2.76. The van der Waals surface area contributed by atoms with Gasteiger partial charge in [0.05, 0.1) is 0 Å². The smallest absolute Gasteiger partial charge is 0.252 e. The zero-order valence-electron chi connectivity index (χ0n) is 11.4. The molecule has 106 valence electrons. The number of aryl methyl sites for hydroxylation is 1. The second kappa shape index (κ2) is 5.32. The summed E-state index contributed by atoms with van der Waals surface area (Å²) in [7, 11) is 0. The van der Waals surface area contributed by atoms with Gasteiger partial charge in [0.2, 0.25) is 5.95 Å². The minimum Gasteiger partial charge on any atom is -0.324 e. The molecule has 0 saturated heterocycles. The van der Waals surface area contributed by atoms with Crippen LogP contribution in [0.2, 0.25) is 0 Å². The second-order valence-electron chi connectivity index (χ2n) is 4.52. The van der Waals surface area contributed by atoms with Crippen LogP contribution in [0.3, 0.4) is 0 Å². The lowest BCUT2D eigenvalue weighted by molar-refractivity contribution is 0.628. The van der Waals surface area contributed by atoms with Crippen molar-refractivity contribution in [1.82, 2.24) is 14.5 Å². The number of halogens is 1. The maximum atomic E-state index is 13.2. The first-order chi connectivity index (χ1) is 10.2. The van der Waals surface area contributed by atoms with E-state index in [0.29, 0.717) is 23.8 Å². The predicted octanol–water partition coefficient (Wildman–Crippen LogP) is 2.69. The summed E-state index contributed by atoms with van der Waals surface area (Å²) >= 11 is 0. The lowest BCUT2D eigenvalue weighted by atomic mass is 10.3. The van der Waals surface area contributed by atoms with Crippen molar-refractivity contribution in [2.75, 3.05) is 5.32 Å². The Bertz CT molecular complexity index is 860. The van der Waals surface area contributed by atoms with Crippen molar-refractivity contribution in [3.8, 4) is 0 Å². The van der Waals surface area contributed by atoms with Crippen LogP contribution in [-0.2, 0) is 6.54 Å². The molecule has 0 radical (unpaired) electrons. The summed E-state index contributed by atoms with van der Waals surface area (Å²) in [5.74, 6) is -0.0212.